The van der Waals surface area contributed by atoms with Gasteiger partial charge in [0.1, 0.15) is 23.0 Å². The number of nitrogens with zero attached hydrogens (tertiary/aromatic N) is 1. The molecule has 0 radical (unpaired) electrons. The molecule has 1 aliphatic rings. The summed E-state index contributed by atoms with van der Waals surface area (Å²) in [5.41, 5.74) is -0.810. The van der Waals surface area contributed by atoms with E-state index in [0.717, 1.165) is 12.2 Å². The molecule has 1 atom stereocenters. The first-order valence-electron chi connectivity index (χ1n) is 7.10. The number of hydrogen-bond acceptors (Lipinski definition) is 4. The summed E-state index contributed by atoms with van der Waals surface area (Å²) in [5, 5.41) is 11.9. The lowest BCUT2D eigenvalue weighted by molar-refractivity contribution is -0.132. The minimum Gasteiger partial charge on any atom is -0.497 e. The second-order valence-electron chi connectivity index (χ2n) is 5.36. The standard InChI is InChI=1S/C16H20N2O3/c1-12(21-14-6-3-5-13(9-14)20-2)10-18-15(19)16(11-17)7-4-8-16/h3,5-6,9,12H,4,7-8,10H2,1-2H3,(H,18,19)/t12-/m0/s1. The molecule has 5 nitrogen and oxygen atoms in total. The van der Waals surface area contributed by atoms with Crippen LogP contribution in [0, 0.1) is 16.7 Å². The van der Waals surface area contributed by atoms with Crippen molar-refractivity contribution in [3.8, 4) is 17.6 Å². The van der Waals surface area contributed by atoms with E-state index in [4.69, 9.17) is 14.7 Å². The molecule has 1 aromatic rings. The van der Waals surface area contributed by atoms with Crippen LogP contribution in [0.4, 0.5) is 0 Å². The van der Waals surface area contributed by atoms with E-state index in [2.05, 4.69) is 11.4 Å². The third-order valence-electron chi connectivity index (χ3n) is 3.78. The van der Waals surface area contributed by atoms with Gasteiger partial charge in [-0.2, -0.15) is 5.26 Å². The Labute approximate surface area is 124 Å². The molecular formula is C16H20N2O3. The fourth-order valence-corrected chi connectivity index (χ4v) is 2.27. The SMILES string of the molecule is COc1cccc(O[C@@H](C)CNC(=O)C2(C#N)CCC2)c1. The Hall–Kier alpha value is -2.22. The van der Waals surface area contributed by atoms with Crippen molar-refractivity contribution in [2.75, 3.05) is 13.7 Å². The first-order valence-corrected chi connectivity index (χ1v) is 7.10. The van der Waals surface area contributed by atoms with E-state index in [1.807, 2.05) is 25.1 Å². The maximum atomic E-state index is 12.0. The van der Waals surface area contributed by atoms with Crippen molar-refractivity contribution in [1.82, 2.24) is 5.32 Å². The van der Waals surface area contributed by atoms with Gasteiger partial charge in [0, 0.05) is 6.07 Å². The molecule has 1 aromatic carbocycles. The summed E-state index contributed by atoms with van der Waals surface area (Å²) in [4.78, 5) is 12.0. The monoisotopic (exact) mass is 288 g/mol. The maximum absolute atomic E-state index is 12.0. The number of nitriles is 1. The number of amides is 1. The number of ether oxygens (including phenoxy) is 2. The number of nitrogens with one attached hydrogen (secondary N) is 1. The Kier molecular flexibility index (Phi) is 4.69. The van der Waals surface area contributed by atoms with Crippen molar-refractivity contribution in [2.24, 2.45) is 5.41 Å². The minimum absolute atomic E-state index is 0.183. The van der Waals surface area contributed by atoms with Gasteiger partial charge in [-0.3, -0.25) is 4.79 Å². The highest BCUT2D eigenvalue weighted by Gasteiger charge is 2.44. The van der Waals surface area contributed by atoms with Crippen molar-refractivity contribution in [3.05, 3.63) is 24.3 Å². The first-order chi connectivity index (χ1) is 10.1. The highest BCUT2D eigenvalue weighted by atomic mass is 16.5. The summed E-state index contributed by atoms with van der Waals surface area (Å²) in [5.74, 6) is 1.23. The van der Waals surface area contributed by atoms with E-state index in [-0.39, 0.29) is 12.0 Å². The van der Waals surface area contributed by atoms with Crippen molar-refractivity contribution < 1.29 is 14.3 Å². The number of carbonyl (C=O) groups is 1. The summed E-state index contributed by atoms with van der Waals surface area (Å²) in [6, 6.07) is 9.45. The molecule has 0 aromatic heterocycles. The van der Waals surface area contributed by atoms with E-state index in [9.17, 15) is 4.79 Å². The lowest BCUT2D eigenvalue weighted by Gasteiger charge is -2.33. The molecule has 1 amide bonds. The van der Waals surface area contributed by atoms with Gasteiger partial charge < -0.3 is 14.8 Å². The molecule has 21 heavy (non-hydrogen) atoms. The number of hydrogen-bond donors (Lipinski definition) is 1. The van der Waals surface area contributed by atoms with Crippen LogP contribution in [0.1, 0.15) is 26.2 Å². The topological polar surface area (TPSA) is 71.3 Å². The fraction of sp³-hybridized carbons (Fsp3) is 0.500. The third-order valence-corrected chi connectivity index (χ3v) is 3.78. The molecule has 1 N–H and O–H groups in total. The van der Waals surface area contributed by atoms with Gasteiger partial charge in [-0.1, -0.05) is 6.07 Å². The smallest absolute Gasteiger partial charge is 0.240 e. The summed E-state index contributed by atoms with van der Waals surface area (Å²) in [6.45, 7) is 2.25. The van der Waals surface area contributed by atoms with Gasteiger partial charge in [-0.05, 0) is 38.3 Å². The highest BCUT2D eigenvalue weighted by Crippen LogP contribution is 2.40. The van der Waals surface area contributed by atoms with Gasteiger partial charge in [0.25, 0.3) is 0 Å². The van der Waals surface area contributed by atoms with E-state index < -0.39 is 5.41 Å². The lowest BCUT2D eigenvalue weighted by atomic mass is 9.69. The number of benzene rings is 1. The van der Waals surface area contributed by atoms with Crippen LogP contribution in [0.25, 0.3) is 0 Å². The van der Waals surface area contributed by atoms with Gasteiger partial charge in [-0.15, -0.1) is 0 Å². The normalized spacial score (nSPS) is 17.0. The molecule has 5 heteroatoms. The molecule has 1 aliphatic carbocycles. The van der Waals surface area contributed by atoms with Crippen molar-refractivity contribution >= 4 is 5.91 Å². The fourth-order valence-electron chi connectivity index (χ4n) is 2.27. The van der Waals surface area contributed by atoms with Crippen LogP contribution >= 0.6 is 0 Å². The maximum Gasteiger partial charge on any atom is 0.240 e. The molecule has 2 rings (SSSR count). The molecule has 112 valence electrons. The molecule has 0 unspecified atom stereocenters. The zero-order valence-electron chi connectivity index (χ0n) is 12.4. The number of methoxy groups -OCH3 is 1. The average molecular weight is 288 g/mol. The molecular weight excluding hydrogens is 268 g/mol. The Morgan fingerprint density at radius 3 is 2.76 bits per heavy atom. The Morgan fingerprint density at radius 1 is 1.48 bits per heavy atom. The molecule has 0 heterocycles. The van der Waals surface area contributed by atoms with Gasteiger partial charge in [0.05, 0.1) is 19.7 Å². The van der Waals surface area contributed by atoms with E-state index in [1.54, 1.807) is 13.2 Å². The molecule has 0 spiro atoms. The Morgan fingerprint density at radius 2 is 2.19 bits per heavy atom. The van der Waals surface area contributed by atoms with E-state index in [0.29, 0.717) is 25.1 Å². The summed E-state index contributed by atoms with van der Waals surface area (Å²) >= 11 is 0. The first kappa shape index (κ1) is 15.2. The van der Waals surface area contributed by atoms with Crippen LogP contribution in [-0.4, -0.2) is 25.7 Å². The van der Waals surface area contributed by atoms with Gasteiger partial charge in [-0.25, -0.2) is 0 Å². The van der Waals surface area contributed by atoms with Gasteiger partial charge >= 0.3 is 0 Å². The van der Waals surface area contributed by atoms with Crippen molar-refractivity contribution in [2.45, 2.75) is 32.3 Å². The lowest BCUT2D eigenvalue weighted by Crippen LogP contribution is -2.47. The van der Waals surface area contributed by atoms with Crippen molar-refractivity contribution in [1.29, 1.82) is 5.26 Å². The third kappa shape index (κ3) is 3.46. The molecule has 0 aliphatic heterocycles. The average Bonchev–Trinajstić information content (AvgIpc) is 2.45. The van der Waals surface area contributed by atoms with E-state index >= 15 is 0 Å². The number of rotatable bonds is 6. The molecule has 0 saturated heterocycles. The largest absolute Gasteiger partial charge is 0.497 e. The van der Waals surface area contributed by atoms with Crippen LogP contribution in [-0.2, 0) is 4.79 Å². The Balaban J connectivity index is 1.83. The summed E-state index contributed by atoms with van der Waals surface area (Å²) in [6.07, 6.45) is 2.06. The summed E-state index contributed by atoms with van der Waals surface area (Å²) in [7, 11) is 1.60. The predicted molar refractivity (Wildman–Crippen MR) is 78.0 cm³/mol. The van der Waals surface area contributed by atoms with Crippen LogP contribution < -0.4 is 14.8 Å². The molecule has 1 fully saturated rings. The molecule has 1 saturated carbocycles. The summed E-state index contributed by atoms with van der Waals surface area (Å²) < 4.78 is 10.9. The van der Waals surface area contributed by atoms with Crippen molar-refractivity contribution in [3.63, 3.8) is 0 Å². The van der Waals surface area contributed by atoms with Gasteiger partial charge in [0.15, 0.2) is 0 Å². The highest BCUT2D eigenvalue weighted by molar-refractivity contribution is 5.86. The quantitative estimate of drug-likeness (QED) is 0.871. The van der Waals surface area contributed by atoms with Crippen LogP contribution in [0.15, 0.2) is 24.3 Å². The predicted octanol–water partition coefficient (Wildman–Crippen LogP) is 2.27. The van der Waals surface area contributed by atoms with Gasteiger partial charge in [0.2, 0.25) is 5.91 Å². The molecule has 0 bridgehead atoms. The minimum atomic E-state index is -0.810. The second kappa shape index (κ2) is 6.49. The van der Waals surface area contributed by atoms with E-state index in [1.165, 1.54) is 0 Å². The second-order valence-corrected chi connectivity index (χ2v) is 5.36. The zero-order chi connectivity index (χ0) is 15.3. The Bertz CT molecular complexity index is 547. The number of carbonyl (C=O) groups excluding carboxylic acids is 1. The zero-order valence-corrected chi connectivity index (χ0v) is 12.4. The van der Waals surface area contributed by atoms with Crippen LogP contribution in [0.5, 0.6) is 11.5 Å². The van der Waals surface area contributed by atoms with Crippen LogP contribution in [0.2, 0.25) is 0 Å². The van der Waals surface area contributed by atoms with Crippen LogP contribution in [0.3, 0.4) is 0 Å².